The predicted molar refractivity (Wildman–Crippen MR) is 64.1 cm³/mol. The number of carboxylic acid groups (broad SMARTS) is 1. The quantitative estimate of drug-likeness (QED) is 0.859. The molecule has 0 aromatic heterocycles. The minimum absolute atomic E-state index is 0.0338. The molecule has 1 N–H and O–H groups in total. The van der Waals surface area contributed by atoms with Crippen molar-refractivity contribution in [1.82, 2.24) is 0 Å². The lowest BCUT2D eigenvalue weighted by Crippen LogP contribution is -2.04. The maximum Gasteiger partial charge on any atom is 0.338 e. The van der Waals surface area contributed by atoms with Gasteiger partial charge in [0.25, 0.3) is 0 Å². The normalized spacial score (nSPS) is 10.6. The molecule has 0 unspecified atom stereocenters. The summed E-state index contributed by atoms with van der Waals surface area (Å²) in [5, 5.41) is 8.62. The molecule has 0 atom stereocenters. The summed E-state index contributed by atoms with van der Waals surface area (Å²) < 4.78 is 13.2. The minimum atomic E-state index is -1.39. The van der Waals surface area contributed by atoms with Crippen molar-refractivity contribution in [3.63, 3.8) is 0 Å². The maximum atomic E-state index is 13.2. The van der Waals surface area contributed by atoms with Gasteiger partial charge in [-0.25, -0.2) is 9.18 Å². The number of carbonyl (C=O) groups is 2. The van der Waals surface area contributed by atoms with Gasteiger partial charge < -0.3 is 5.11 Å². The summed E-state index contributed by atoms with van der Waals surface area (Å²) >= 11 is 6.57. The molecule has 0 saturated carbocycles. The monoisotopic (exact) mass is 276 g/mol. The van der Waals surface area contributed by atoms with Crippen LogP contribution in [0.4, 0.5) is 4.39 Å². The van der Waals surface area contributed by atoms with E-state index in [4.69, 9.17) is 16.7 Å². The maximum absolute atomic E-state index is 13.2. The second kappa shape index (κ2) is 5.51. The third-order valence-electron chi connectivity index (χ3n) is 1.93. The molecule has 3 nitrogen and oxygen atoms in total. The molecule has 0 bridgehead atoms. The Kier molecular flexibility index (Phi) is 4.54. The van der Waals surface area contributed by atoms with E-state index in [9.17, 15) is 14.0 Å². The largest absolute Gasteiger partial charge is 0.478 e. The minimum Gasteiger partial charge on any atom is -0.478 e. The lowest BCUT2D eigenvalue weighted by molar-refractivity contribution is -0.113. The van der Waals surface area contributed by atoms with Crippen molar-refractivity contribution in [3.8, 4) is 0 Å². The number of thioether (sulfide) groups is 1. The van der Waals surface area contributed by atoms with Crippen LogP contribution in [0.15, 0.2) is 17.0 Å². The first-order valence-electron chi connectivity index (χ1n) is 4.77. The van der Waals surface area contributed by atoms with Gasteiger partial charge in [-0.15, -0.1) is 0 Å². The summed E-state index contributed by atoms with van der Waals surface area (Å²) in [5.41, 5.74) is -0.492. The van der Waals surface area contributed by atoms with Gasteiger partial charge >= 0.3 is 5.97 Å². The summed E-state index contributed by atoms with van der Waals surface area (Å²) in [6.45, 7) is 3.43. The molecule has 0 fully saturated rings. The molecule has 0 amide bonds. The molecule has 0 spiro atoms. The summed E-state index contributed by atoms with van der Waals surface area (Å²) in [5.74, 6) is -2.52. The lowest BCUT2D eigenvalue weighted by atomic mass is 10.2. The van der Waals surface area contributed by atoms with Gasteiger partial charge in [-0.2, -0.15) is 0 Å². The zero-order valence-electron chi connectivity index (χ0n) is 9.16. The molecule has 0 aliphatic carbocycles. The molecule has 0 heterocycles. The van der Waals surface area contributed by atoms with Crippen LogP contribution in [0.2, 0.25) is 5.02 Å². The van der Waals surface area contributed by atoms with E-state index in [0.717, 1.165) is 23.9 Å². The number of carboxylic acids is 1. The molecule has 92 valence electrons. The smallest absolute Gasteiger partial charge is 0.338 e. The summed E-state index contributed by atoms with van der Waals surface area (Å²) in [7, 11) is 0. The van der Waals surface area contributed by atoms with E-state index in [1.54, 1.807) is 13.8 Å². The number of carbonyl (C=O) groups excluding carboxylic acids is 1. The molecule has 0 aliphatic rings. The highest BCUT2D eigenvalue weighted by Crippen LogP contribution is 2.31. The Morgan fingerprint density at radius 3 is 2.47 bits per heavy atom. The highest BCUT2D eigenvalue weighted by Gasteiger charge is 2.17. The SMILES string of the molecule is CC(C)C(=O)Sc1cc(C(=O)O)c(F)cc1Cl. The molecule has 0 radical (unpaired) electrons. The summed E-state index contributed by atoms with van der Waals surface area (Å²) in [6, 6.07) is 1.98. The second-order valence-corrected chi connectivity index (χ2v) is 5.10. The van der Waals surface area contributed by atoms with Crippen molar-refractivity contribution < 1.29 is 19.1 Å². The molecule has 6 heteroatoms. The zero-order valence-corrected chi connectivity index (χ0v) is 10.7. The van der Waals surface area contributed by atoms with Crippen LogP contribution in [0.25, 0.3) is 0 Å². The highest BCUT2D eigenvalue weighted by atomic mass is 35.5. The van der Waals surface area contributed by atoms with Crippen LogP contribution in [0.1, 0.15) is 24.2 Å². The first kappa shape index (κ1) is 14.0. The van der Waals surface area contributed by atoms with Crippen LogP contribution in [0.5, 0.6) is 0 Å². The number of hydrogen-bond acceptors (Lipinski definition) is 3. The Hall–Kier alpha value is -1.07. The number of aromatic carboxylic acids is 1. The first-order valence-corrected chi connectivity index (χ1v) is 5.96. The summed E-state index contributed by atoms with van der Waals surface area (Å²) in [6.07, 6.45) is 0. The van der Waals surface area contributed by atoms with Crippen LogP contribution < -0.4 is 0 Å². The molecule has 0 saturated heterocycles. The van der Waals surface area contributed by atoms with Gasteiger partial charge in [-0.1, -0.05) is 37.2 Å². The number of hydrogen-bond donors (Lipinski definition) is 1. The third kappa shape index (κ3) is 3.44. The van der Waals surface area contributed by atoms with E-state index >= 15 is 0 Å². The van der Waals surface area contributed by atoms with E-state index in [0.29, 0.717) is 0 Å². The van der Waals surface area contributed by atoms with Crippen LogP contribution in [-0.4, -0.2) is 16.2 Å². The Bertz CT molecular complexity index is 474. The van der Waals surface area contributed by atoms with E-state index < -0.39 is 17.3 Å². The number of halogens is 2. The number of rotatable bonds is 3. The van der Waals surface area contributed by atoms with Crippen LogP contribution in [-0.2, 0) is 4.79 Å². The van der Waals surface area contributed by atoms with Crippen molar-refractivity contribution in [1.29, 1.82) is 0 Å². The van der Waals surface area contributed by atoms with Crippen LogP contribution in [0.3, 0.4) is 0 Å². The van der Waals surface area contributed by atoms with Gasteiger partial charge in [0.1, 0.15) is 5.82 Å². The Morgan fingerprint density at radius 2 is 2.00 bits per heavy atom. The van der Waals surface area contributed by atoms with Crippen molar-refractivity contribution >= 4 is 34.4 Å². The fourth-order valence-corrected chi connectivity index (χ4v) is 2.05. The topological polar surface area (TPSA) is 54.4 Å². The van der Waals surface area contributed by atoms with Gasteiger partial charge in [0.2, 0.25) is 0 Å². The van der Waals surface area contributed by atoms with Crippen molar-refractivity contribution in [2.45, 2.75) is 18.7 Å². The van der Waals surface area contributed by atoms with Gasteiger partial charge in [0.05, 0.1) is 10.6 Å². The summed E-state index contributed by atoms with van der Waals surface area (Å²) in [4.78, 5) is 22.5. The third-order valence-corrected chi connectivity index (χ3v) is 3.59. The van der Waals surface area contributed by atoms with Gasteiger partial charge in [-0.05, 0) is 12.1 Å². The van der Waals surface area contributed by atoms with E-state index in [2.05, 4.69) is 0 Å². The average Bonchev–Trinajstić information content (AvgIpc) is 2.21. The standard InChI is InChI=1S/C11H10ClFO3S/c1-5(2)11(16)17-9-3-6(10(14)15)8(13)4-7(9)12/h3-5H,1-2H3,(H,14,15). The Balaban J connectivity index is 3.12. The lowest BCUT2D eigenvalue weighted by Gasteiger charge is -2.07. The number of benzene rings is 1. The highest BCUT2D eigenvalue weighted by molar-refractivity contribution is 8.13. The van der Waals surface area contributed by atoms with Crippen molar-refractivity contribution in [2.75, 3.05) is 0 Å². The van der Waals surface area contributed by atoms with E-state index in [1.807, 2.05) is 0 Å². The van der Waals surface area contributed by atoms with Gasteiger partial charge in [0, 0.05) is 10.8 Å². The molecule has 1 aromatic carbocycles. The van der Waals surface area contributed by atoms with E-state index in [1.165, 1.54) is 0 Å². The van der Waals surface area contributed by atoms with Crippen LogP contribution >= 0.6 is 23.4 Å². The fourth-order valence-electron chi connectivity index (χ4n) is 0.997. The molecule has 0 aliphatic heterocycles. The molecular formula is C11H10ClFO3S. The van der Waals surface area contributed by atoms with Crippen molar-refractivity contribution in [2.24, 2.45) is 5.92 Å². The Labute approximate surface area is 107 Å². The average molecular weight is 277 g/mol. The molecule has 17 heavy (non-hydrogen) atoms. The van der Waals surface area contributed by atoms with Gasteiger partial charge in [-0.3, -0.25) is 4.79 Å². The van der Waals surface area contributed by atoms with Crippen LogP contribution in [0, 0.1) is 11.7 Å². The van der Waals surface area contributed by atoms with Gasteiger partial charge in [0.15, 0.2) is 5.12 Å². The first-order chi connectivity index (χ1) is 7.82. The zero-order chi connectivity index (χ0) is 13.2. The molecule has 1 rings (SSSR count). The van der Waals surface area contributed by atoms with E-state index in [-0.39, 0.29) is 21.0 Å². The van der Waals surface area contributed by atoms with Crippen molar-refractivity contribution in [3.05, 3.63) is 28.5 Å². The Morgan fingerprint density at radius 1 is 1.41 bits per heavy atom. The predicted octanol–water partition coefficient (Wildman–Crippen LogP) is 3.45. The molecular weight excluding hydrogens is 267 g/mol. The fraction of sp³-hybridized carbons (Fsp3) is 0.273. The molecule has 1 aromatic rings. The second-order valence-electron chi connectivity index (χ2n) is 3.64.